The van der Waals surface area contributed by atoms with Crippen LogP contribution < -0.4 is 15.5 Å². The second-order valence-electron chi connectivity index (χ2n) is 10.6. The van der Waals surface area contributed by atoms with Crippen molar-refractivity contribution in [2.45, 2.75) is 64.4 Å². The Hall–Kier alpha value is -3.31. The minimum absolute atomic E-state index is 0.283. The lowest BCUT2D eigenvalue weighted by atomic mass is 9.84. The third-order valence-electron chi connectivity index (χ3n) is 7.53. The SMILES string of the molecule is CCN(Nc1ccc(OC(F)(F)F)cc1)C(=O)C(CC1CCCCC1)NC(=O)c1cccc(CN2CCOCC2)c1. The topological polar surface area (TPSA) is 83.1 Å². The zero-order chi connectivity index (χ0) is 29.2. The van der Waals surface area contributed by atoms with Crippen molar-refractivity contribution in [1.82, 2.24) is 15.2 Å². The second-order valence-corrected chi connectivity index (χ2v) is 10.6. The first-order chi connectivity index (χ1) is 19.7. The van der Waals surface area contributed by atoms with Crippen LogP contribution in [0.2, 0.25) is 0 Å². The zero-order valence-corrected chi connectivity index (χ0v) is 23.4. The zero-order valence-electron chi connectivity index (χ0n) is 23.4. The van der Waals surface area contributed by atoms with E-state index in [1.165, 1.54) is 35.7 Å². The summed E-state index contributed by atoms with van der Waals surface area (Å²) in [6, 6.07) is 11.9. The summed E-state index contributed by atoms with van der Waals surface area (Å²) >= 11 is 0. The van der Waals surface area contributed by atoms with Gasteiger partial charge in [0.1, 0.15) is 11.8 Å². The summed E-state index contributed by atoms with van der Waals surface area (Å²) < 4.78 is 46.9. The largest absolute Gasteiger partial charge is 0.573 e. The van der Waals surface area contributed by atoms with Gasteiger partial charge in [-0.15, -0.1) is 13.2 Å². The highest BCUT2D eigenvalue weighted by Crippen LogP contribution is 2.28. The predicted molar refractivity (Wildman–Crippen MR) is 149 cm³/mol. The van der Waals surface area contributed by atoms with Crippen LogP contribution in [0.4, 0.5) is 18.9 Å². The quantitative estimate of drug-likeness (QED) is 0.351. The molecule has 1 heterocycles. The summed E-state index contributed by atoms with van der Waals surface area (Å²) in [5.41, 5.74) is 4.92. The number of carbonyl (C=O) groups excluding carboxylic acids is 2. The van der Waals surface area contributed by atoms with Crippen molar-refractivity contribution in [3.63, 3.8) is 0 Å². The number of hydrogen-bond donors (Lipinski definition) is 2. The normalized spacial score (nSPS) is 17.5. The predicted octanol–water partition coefficient (Wildman–Crippen LogP) is 5.36. The fourth-order valence-corrected chi connectivity index (χ4v) is 5.41. The Labute approximate surface area is 239 Å². The van der Waals surface area contributed by atoms with Crippen LogP contribution in [0.25, 0.3) is 0 Å². The number of morpholine rings is 1. The molecule has 0 spiro atoms. The molecule has 1 atom stereocenters. The molecule has 2 fully saturated rings. The Kier molecular flexibility index (Phi) is 10.9. The van der Waals surface area contributed by atoms with E-state index in [9.17, 15) is 22.8 Å². The van der Waals surface area contributed by atoms with Gasteiger partial charge in [-0.2, -0.15) is 0 Å². The Balaban J connectivity index is 1.45. The lowest BCUT2D eigenvalue weighted by molar-refractivity contribution is -0.274. The number of amides is 2. The molecule has 0 radical (unpaired) electrons. The van der Waals surface area contributed by atoms with E-state index in [0.29, 0.717) is 36.8 Å². The Bertz CT molecular complexity index is 1130. The number of likely N-dealkylation sites (N-methyl/N-ethyl adjacent to an activating group) is 1. The van der Waals surface area contributed by atoms with E-state index in [1.807, 2.05) is 18.2 Å². The van der Waals surface area contributed by atoms with Crippen LogP contribution in [0.3, 0.4) is 0 Å². The number of hydrazine groups is 1. The lowest BCUT2D eigenvalue weighted by Gasteiger charge is -2.31. The minimum Gasteiger partial charge on any atom is -0.406 e. The molecular weight excluding hydrogens is 537 g/mol. The van der Waals surface area contributed by atoms with E-state index in [4.69, 9.17) is 4.74 Å². The third-order valence-corrected chi connectivity index (χ3v) is 7.53. The molecule has 2 aromatic carbocycles. The fraction of sp³-hybridized carbons (Fsp3) is 0.533. The molecule has 224 valence electrons. The second kappa shape index (κ2) is 14.5. The molecule has 2 amide bonds. The molecule has 1 saturated carbocycles. The number of anilines is 1. The number of nitrogens with zero attached hydrogens (tertiary/aromatic N) is 2. The van der Waals surface area contributed by atoms with E-state index in [0.717, 1.165) is 50.9 Å². The Morgan fingerprint density at radius 3 is 2.44 bits per heavy atom. The molecule has 1 saturated heterocycles. The highest BCUT2D eigenvalue weighted by atomic mass is 19.4. The summed E-state index contributed by atoms with van der Waals surface area (Å²) in [5, 5.41) is 4.39. The van der Waals surface area contributed by atoms with Gasteiger partial charge < -0.3 is 14.8 Å². The summed E-state index contributed by atoms with van der Waals surface area (Å²) in [7, 11) is 0. The molecule has 11 heteroatoms. The van der Waals surface area contributed by atoms with Crippen LogP contribution in [0.5, 0.6) is 5.75 Å². The average Bonchev–Trinajstić information content (AvgIpc) is 2.96. The van der Waals surface area contributed by atoms with Crippen molar-refractivity contribution >= 4 is 17.5 Å². The van der Waals surface area contributed by atoms with Gasteiger partial charge in [0.25, 0.3) is 11.8 Å². The van der Waals surface area contributed by atoms with E-state index >= 15 is 0 Å². The number of nitrogens with one attached hydrogen (secondary N) is 2. The maximum atomic E-state index is 13.8. The molecule has 8 nitrogen and oxygen atoms in total. The molecule has 2 aliphatic rings. The lowest BCUT2D eigenvalue weighted by Crippen LogP contribution is -2.51. The van der Waals surface area contributed by atoms with Gasteiger partial charge in [0.05, 0.1) is 18.9 Å². The van der Waals surface area contributed by atoms with Crippen molar-refractivity contribution in [2.24, 2.45) is 5.92 Å². The van der Waals surface area contributed by atoms with Crippen molar-refractivity contribution < 1.29 is 32.2 Å². The fourth-order valence-electron chi connectivity index (χ4n) is 5.41. The van der Waals surface area contributed by atoms with Crippen LogP contribution in [0.15, 0.2) is 48.5 Å². The highest BCUT2D eigenvalue weighted by Gasteiger charge is 2.32. The van der Waals surface area contributed by atoms with Crippen LogP contribution in [0, 0.1) is 5.92 Å². The van der Waals surface area contributed by atoms with Gasteiger partial charge in [-0.05, 0) is 61.2 Å². The van der Waals surface area contributed by atoms with Crippen molar-refractivity contribution in [2.75, 3.05) is 38.3 Å². The number of benzene rings is 2. The van der Waals surface area contributed by atoms with Crippen LogP contribution in [-0.2, 0) is 16.1 Å². The maximum absolute atomic E-state index is 13.8. The minimum atomic E-state index is -4.78. The van der Waals surface area contributed by atoms with Crippen molar-refractivity contribution in [3.05, 3.63) is 59.7 Å². The van der Waals surface area contributed by atoms with E-state index < -0.39 is 12.4 Å². The Morgan fingerprint density at radius 2 is 1.78 bits per heavy atom. The molecule has 1 unspecified atom stereocenters. The van der Waals surface area contributed by atoms with E-state index in [-0.39, 0.29) is 24.1 Å². The van der Waals surface area contributed by atoms with Gasteiger partial charge in [0.2, 0.25) is 0 Å². The summed E-state index contributed by atoms with van der Waals surface area (Å²) in [6.07, 6.45) is 1.13. The summed E-state index contributed by atoms with van der Waals surface area (Å²) in [6.45, 7) is 5.86. The standard InChI is InChI=1S/C30H39F3N4O4/c1-2-37(35-25-11-13-26(14-12-25)41-30(31,32)33)29(39)27(20-22-7-4-3-5-8-22)34-28(38)24-10-6-9-23(19-24)21-36-15-17-40-18-16-36/h6,9-14,19,22,27,35H,2-5,7-8,15-18,20-21H2,1H3,(H,34,38). The number of halogens is 3. The molecule has 41 heavy (non-hydrogen) atoms. The van der Waals surface area contributed by atoms with Crippen LogP contribution in [-0.4, -0.2) is 67.0 Å². The maximum Gasteiger partial charge on any atom is 0.573 e. The smallest absolute Gasteiger partial charge is 0.406 e. The first kappa shape index (κ1) is 30.6. The first-order valence-electron chi connectivity index (χ1n) is 14.3. The molecule has 0 aromatic heterocycles. The molecule has 1 aliphatic carbocycles. The van der Waals surface area contributed by atoms with Crippen molar-refractivity contribution in [1.29, 1.82) is 0 Å². The van der Waals surface area contributed by atoms with Gasteiger partial charge in [0, 0.05) is 31.7 Å². The average molecular weight is 577 g/mol. The number of alkyl halides is 3. The number of rotatable bonds is 11. The van der Waals surface area contributed by atoms with Crippen LogP contribution >= 0.6 is 0 Å². The van der Waals surface area contributed by atoms with Crippen LogP contribution in [0.1, 0.15) is 61.4 Å². The van der Waals surface area contributed by atoms with Gasteiger partial charge >= 0.3 is 6.36 Å². The molecule has 0 bridgehead atoms. The highest BCUT2D eigenvalue weighted by molar-refractivity contribution is 5.97. The van der Waals surface area contributed by atoms with Gasteiger partial charge in [-0.3, -0.25) is 24.9 Å². The Morgan fingerprint density at radius 1 is 1.07 bits per heavy atom. The summed E-state index contributed by atoms with van der Waals surface area (Å²) in [5.74, 6) is -0.641. The van der Waals surface area contributed by atoms with Gasteiger partial charge in [-0.1, -0.05) is 44.2 Å². The van der Waals surface area contributed by atoms with Gasteiger partial charge in [-0.25, -0.2) is 0 Å². The molecule has 4 rings (SSSR count). The molecule has 1 aliphatic heterocycles. The van der Waals surface area contributed by atoms with E-state index in [2.05, 4.69) is 20.4 Å². The number of ether oxygens (including phenoxy) is 2. The molecule has 2 aromatic rings. The summed E-state index contributed by atoms with van der Waals surface area (Å²) in [4.78, 5) is 29.5. The monoisotopic (exact) mass is 576 g/mol. The molecule has 2 N–H and O–H groups in total. The van der Waals surface area contributed by atoms with E-state index in [1.54, 1.807) is 13.0 Å². The molecular formula is C30H39F3N4O4. The number of hydrogen-bond acceptors (Lipinski definition) is 6. The van der Waals surface area contributed by atoms with Crippen molar-refractivity contribution in [3.8, 4) is 5.75 Å². The first-order valence-corrected chi connectivity index (χ1v) is 14.3. The number of carbonyl (C=O) groups is 2. The third kappa shape index (κ3) is 9.64. The van der Waals surface area contributed by atoms with Gasteiger partial charge in [0.15, 0.2) is 0 Å².